The molecule has 0 aliphatic heterocycles. The number of carbonyl (C=O) groups is 1. The Labute approximate surface area is 121 Å². The number of rotatable bonds is 5. The van der Waals surface area contributed by atoms with Gasteiger partial charge in [-0.05, 0) is 18.2 Å². The molecule has 0 atom stereocenters. The standard InChI is InChI=1S/C15H12N2O4/c1-20-13-6-2-5-11(15(18)19)14(13)21-9-10-4-3-7-17-12(10)8-16/h2-7H,9H2,1H3,(H,18,19). The van der Waals surface area contributed by atoms with Gasteiger partial charge in [-0.25, -0.2) is 9.78 Å². The molecule has 0 unspecified atom stereocenters. The second-order valence-corrected chi connectivity index (χ2v) is 4.05. The summed E-state index contributed by atoms with van der Waals surface area (Å²) in [5, 5.41) is 18.2. The summed E-state index contributed by atoms with van der Waals surface area (Å²) < 4.78 is 10.7. The van der Waals surface area contributed by atoms with Crippen molar-refractivity contribution in [2.75, 3.05) is 7.11 Å². The molecular weight excluding hydrogens is 272 g/mol. The molecule has 1 aromatic heterocycles. The summed E-state index contributed by atoms with van der Waals surface area (Å²) in [7, 11) is 1.43. The number of benzene rings is 1. The van der Waals surface area contributed by atoms with Crippen LogP contribution in [-0.2, 0) is 6.61 Å². The Balaban J connectivity index is 2.32. The Hall–Kier alpha value is -3.07. The first-order chi connectivity index (χ1) is 10.2. The van der Waals surface area contributed by atoms with Gasteiger partial charge in [0.15, 0.2) is 11.5 Å². The van der Waals surface area contributed by atoms with E-state index in [1.165, 1.54) is 19.4 Å². The van der Waals surface area contributed by atoms with Crippen LogP contribution in [0.3, 0.4) is 0 Å². The Morgan fingerprint density at radius 2 is 2.19 bits per heavy atom. The van der Waals surface area contributed by atoms with Gasteiger partial charge in [0.05, 0.1) is 7.11 Å². The minimum Gasteiger partial charge on any atom is -0.493 e. The van der Waals surface area contributed by atoms with Crippen LogP contribution in [0.1, 0.15) is 21.6 Å². The molecule has 0 radical (unpaired) electrons. The number of methoxy groups -OCH3 is 1. The number of aromatic nitrogens is 1. The maximum atomic E-state index is 11.2. The molecule has 6 heteroatoms. The first-order valence-corrected chi connectivity index (χ1v) is 6.04. The molecule has 1 aromatic carbocycles. The molecule has 1 heterocycles. The number of carboxylic acid groups (broad SMARTS) is 1. The molecule has 106 valence electrons. The van der Waals surface area contributed by atoms with Crippen LogP contribution in [0.2, 0.25) is 0 Å². The van der Waals surface area contributed by atoms with E-state index in [2.05, 4.69) is 4.98 Å². The van der Waals surface area contributed by atoms with Crippen molar-refractivity contribution in [3.63, 3.8) is 0 Å². The van der Waals surface area contributed by atoms with Crippen LogP contribution in [0.25, 0.3) is 0 Å². The molecule has 0 spiro atoms. The second kappa shape index (κ2) is 6.39. The zero-order chi connectivity index (χ0) is 15.2. The topological polar surface area (TPSA) is 92.4 Å². The lowest BCUT2D eigenvalue weighted by Crippen LogP contribution is -2.06. The van der Waals surface area contributed by atoms with Crippen molar-refractivity contribution in [2.45, 2.75) is 6.61 Å². The number of ether oxygens (including phenoxy) is 2. The third kappa shape index (κ3) is 3.09. The van der Waals surface area contributed by atoms with Gasteiger partial charge >= 0.3 is 5.97 Å². The van der Waals surface area contributed by atoms with Crippen molar-refractivity contribution in [3.8, 4) is 17.6 Å². The Morgan fingerprint density at radius 1 is 1.38 bits per heavy atom. The number of carboxylic acids is 1. The van der Waals surface area contributed by atoms with Crippen molar-refractivity contribution in [1.29, 1.82) is 5.26 Å². The van der Waals surface area contributed by atoms with Gasteiger partial charge in [-0.15, -0.1) is 0 Å². The quantitative estimate of drug-likeness (QED) is 0.905. The van der Waals surface area contributed by atoms with Crippen molar-refractivity contribution in [2.24, 2.45) is 0 Å². The van der Waals surface area contributed by atoms with E-state index in [1.54, 1.807) is 24.3 Å². The molecular formula is C15H12N2O4. The maximum absolute atomic E-state index is 11.2. The van der Waals surface area contributed by atoms with Crippen LogP contribution in [0.5, 0.6) is 11.5 Å². The van der Waals surface area contributed by atoms with Crippen LogP contribution in [-0.4, -0.2) is 23.2 Å². The summed E-state index contributed by atoms with van der Waals surface area (Å²) >= 11 is 0. The normalized spacial score (nSPS) is 9.71. The fourth-order valence-electron chi connectivity index (χ4n) is 1.80. The number of pyridine rings is 1. The molecule has 0 aliphatic carbocycles. The molecule has 1 N–H and O–H groups in total. The predicted molar refractivity (Wildman–Crippen MR) is 73.2 cm³/mol. The average molecular weight is 284 g/mol. The molecule has 0 fully saturated rings. The van der Waals surface area contributed by atoms with Gasteiger partial charge in [0.1, 0.15) is 23.9 Å². The molecule has 0 amide bonds. The molecule has 0 saturated carbocycles. The highest BCUT2D eigenvalue weighted by Crippen LogP contribution is 2.31. The zero-order valence-corrected chi connectivity index (χ0v) is 11.2. The van der Waals surface area contributed by atoms with Gasteiger partial charge in [0.2, 0.25) is 0 Å². The molecule has 21 heavy (non-hydrogen) atoms. The SMILES string of the molecule is COc1cccc(C(=O)O)c1OCc1cccnc1C#N. The van der Waals surface area contributed by atoms with Crippen LogP contribution < -0.4 is 9.47 Å². The van der Waals surface area contributed by atoms with Gasteiger partial charge in [0.25, 0.3) is 0 Å². The van der Waals surface area contributed by atoms with Crippen LogP contribution in [0, 0.1) is 11.3 Å². The van der Waals surface area contributed by atoms with E-state index in [0.29, 0.717) is 11.3 Å². The van der Waals surface area contributed by atoms with Crippen molar-refractivity contribution < 1.29 is 19.4 Å². The highest BCUT2D eigenvalue weighted by Gasteiger charge is 2.16. The second-order valence-electron chi connectivity index (χ2n) is 4.05. The maximum Gasteiger partial charge on any atom is 0.339 e. The first kappa shape index (κ1) is 14.3. The number of para-hydroxylation sites is 1. The van der Waals surface area contributed by atoms with Crippen molar-refractivity contribution in [3.05, 3.63) is 53.3 Å². The molecule has 0 saturated heterocycles. The monoisotopic (exact) mass is 284 g/mol. The predicted octanol–water partition coefficient (Wildman–Crippen LogP) is 2.24. The number of aromatic carboxylic acids is 1. The van der Waals surface area contributed by atoms with Crippen molar-refractivity contribution in [1.82, 2.24) is 4.98 Å². The number of nitrogens with zero attached hydrogens (tertiary/aromatic N) is 2. The zero-order valence-electron chi connectivity index (χ0n) is 11.2. The minimum atomic E-state index is -1.12. The average Bonchev–Trinajstić information content (AvgIpc) is 2.52. The highest BCUT2D eigenvalue weighted by atomic mass is 16.5. The van der Waals surface area contributed by atoms with Gasteiger partial charge in [-0.1, -0.05) is 12.1 Å². The van der Waals surface area contributed by atoms with E-state index >= 15 is 0 Å². The summed E-state index contributed by atoms with van der Waals surface area (Å²) in [4.78, 5) is 15.1. The van der Waals surface area contributed by atoms with Crippen molar-refractivity contribution >= 4 is 5.97 Å². The fraction of sp³-hybridized carbons (Fsp3) is 0.133. The highest BCUT2D eigenvalue weighted by molar-refractivity contribution is 5.92. The lowest BCUT2D eigenvalue weighted by atomic mass is 10.2. The van der Waals surface area contributed by atoms with E-state index in [9.17, 15) is 9.90 Å². The number of hydrogen-bond donors (Lipinski definition) is 1. The van der Waals surface area contributed by atoms with Gasteiger partial charge in [0, 0.05) is 11.8 Å². The summed E-state index contributed by atoms with van der Waals surface area (Å²) in [6.07, 6.45) is 1.51. The van der Waals surface area contributed by atoms with Crippen LogP contribution >= 0.6 is 0 Å². The molecule has 2 aromatic rings. The third-order valence-corrected chi connectivity index (χ3v) is 2.80. The molecule has 0 aliphatic rings. The van der Waals surface area contributed by atoms with Gasteiger partial charge < -0.3 is 14.6 Å². The summed E-state index contributed by atoms with van der Waals surface area (Å²) in [5.41, 5.74) is 0.809. The number of hydrogen-bond acceptors (Lipinski definition) is 5. The summed E-state index contributed by atoms with van der Waals surface area (Å²) in [6.45, 7) is 0.0252. The summed E-state index contributed by atoms with van der Waals surface area (Å²) in [5.74, 6) is -0.673. The van der Waals surface area contributed by atoms with E-state index in [-0.39, 0.29) is 23.6 Å². The van der Waals surface area contributed by atoms with E-state index in [1.807, 2.05) is 6.07 Å². The van der Waals surface area contributed by atoms with Crippen LogP contribution in [0.15, 0.2) is 36.5 Å². The molecule has 0 bridgehead atoms. The largest absolute Gasteiger partial charge is 0.493 e. The van der Waals surface area contributed by atoms with Gasteiger partial charge in [-0.2, -0.15) is 5.26 Å². The minimum absolute atomic E-state index is 0.00301. The lowest BCUT2D eigenvalue weighted by molar-refractivity contribution is 0.0691. The smallest absolute Gasteiger partial charge is 0.339 e. The Bertz CT molecular complexity index is 707. The first-order valence-electron chi connectivity index (χ1n) is 6.04. The third-order valence-electron chi connectivity index (χ3n) is 2.80. The molecule has 6 nitrogen and oxygen atoms in total. The van der Waals surface area contributed by atoms with Gasteiger partial charge in [-0.3, -0.25) is 0 Å². The molecule has 2 rings (SSSR count). The van der Waals surface area contributed by atoms with E-state index < -0.39 is 5.97 Å². The van der Waals surface area contributed by atoms with E-state index in [0.717, 1.165) is 0 Å². The lowest BCUT2D eigenvalue weighted by Gasteiger charge is -2.13. The van der Waals surface area contributed by atoms with E-state index in [4.69, 9.17) is 14.7 Å². The number of nitriles is 1. The van der Waals surface area contributed by atoms with Crippen LogP contribution in [0.4, 0.5) is 0 Å². The fourth-order valence-corrected chi connectivity index (χ4v) is 1.80. The Morgan fingerprint density at radius 3 is 2.86 bits per heavy atom. The Kier molecular flexibility index (Phi) is 4.36. The summed E-state index contributed by atoms with van der Waals surface area (Å²) in [6, 6.07) is 9.94.